The van der Waals surface area contributed by atoms with Crippen molar-refractivity contribution >= 4 is 77.1 Å². The third-order valence-electron chi connectivity index (χ3n) is 11.1. The maximum Gasteiger partial charge on any atom is -0.0534 e. The smallest absolute Gasteiger partial charge is 0.0534 e. The van der Waals surface area contributed by atoms with Crippen LogP contribution >= 0.6 is 33.4 Å². The molecule has 336 valence electrons. The van der Waals surface area contributed by atoms with Gasteiger partial charge in [-0.25, -0.2) is 0 Å². The van der Waals surface area contributed by atoms with E-state index in [0.29, 0.717) is 12.8 Å². The van der Waals surface area contributed by atoms with Gasteiger partial charge >= 0.3 is 47.3 Å². The molecule has 0 amide bonds. The van der Waals surface area contributed by atoms with Crippen LogP contribution in [0.1, 0.15) is 70.6 Å². The summed E-state index contributed by atoms with van der Waals surface area (Å²) in [5, 5.41) is 26.1. The van der Waals surface area contributed by atoms with Crippen molar-refractivity contribution in [3.8, 4) is 0 Å². The van der Waals surface area contributed by atoms with Crippen LogP contribution in [0.25, 0.3) is 11.9 Å². The Bertz CT molecular complexity index is 1770. The van der Waals surface area contributed by atoms with Gasteiger partial charge < -0.3 is 22.1 Å². The van der Waals surface area contributed by atoms with Crippen LogP contribution in [0.15, 0.2) is 182 Å². The largest absolute Gasteiger partial charge is 0.693 e. The number of nitrogens with two attached hydrogens (primary N) is 1. The Labute approximate surface area is 393 Å². The number of carboxylic acid groups (broad SMARTS) is 2. The standard InChI is InChI=1S/2C23H23O2P.C6H12N.2ClH.H2N.Pt/c2*24-23(25)18-10-11-19-26(20-12-4-1-5-13-20,21-14-6-2-7-15-21)22-16-8-3-9-17-22;7-6-4-2-1-3-5-6;;;;/h2*1-9,12-17H,10-11,18-19H2;6-7H,1-5H2;2*1H;1H2;/q;;-1;;;-1;+4. The Morgan fingerprint density at radius 1 is 0.460 bits per heavy atom. The predicted octanol–water partition coefficient (Wildman–Crippen LogP) is 12.9. The molecule has 0 saturated heterocycles. The van der Waals surface area contributed by atoms with Crippen LogP contribution in [0.5, 0.6) is 0 Å². The summed E-state index contributed by atoms with van der Waals surface area (Å²) >= 11 is -0.472. The minimum atomic E-state index is -1.81. The molecule has 5 N–H and O–H groups in total. The Balaban J connectivity index is 0.000000272. The van der Waals surface area contributed by atoms with Crippen molar-refractivity contribution in [2.24, 2.45) is 0 Å². The number of halogens is 2. The van der Waals surface area contributed by atoms with Gasteiger partial charge in [0.15, 0.2) is 0 Å². The van der Waals surface area contributed by atoms with E-state index in [2.05, 4.69) is 182 Å². The van der Waals surface area contributed by atoms with Gasteiger partial charge in [0, 0.05) is 12.8 Å². The van der Waals surface area contributed by atoms with E-state index in [-0.39, 0.29) is 25.0 Å². The second-order valence-electron chi connectivity index (χ2n) is 15.2. The summed E-state index contributed by atoms with van der Waals surface area (Å²) in [4.78, 5) is 21.9. The molecule has 7 rings (SSSR count). The third-order valence-corrected chi connectivity index (χ3v) is 20.1. The molecule has 63 heavy (non-hydrogen) atoms. The number of benzene rings is 6. The van der Waals surface area contributed by atoms with Gasteiger partial charge in [0.05, 0.1) is 12.3 Å². The quantitative estimate of drug-likeness (QED) is 0.0738. The Hall–Kier alpha value is -3.69. The summed E-state index contributed by atoms with van der Waals surface area (Å²) in [6, 6.07) is 64.6. The van der Waals surface area contributed by atoms with E-state index < -0.39 is 42.9 Å². The topological polar surface area (TPSA) is 132 Å². The number of rotatable bonds is 16. The zero-order chi connectivity index (χ0) is 44.3. The summed E-state index contributed by atoms with van der Waals surface area (Å²) in [6.45, 7) is 0. The van der Waals surface area contributed by atoms with Gasteiger partial charge in [-0.2, -0.15) is 0 Å². The predicted molar refractivity (Wildman–Crippen MR) is 271 cm³/mol. The second-order valence-corrected chi connectivity index (χ2v) is 25.7. The molecule has 6 aromatic rings. The summed E-state index contributed by atoms with van der Waals surface area (Å²) in [7, 11) is 6.14. The average molecular weight is 1110 g/mol. The molecular formula is C52H62Cl2N2O4P2Pt+2. The number of nitrogens with one attached hydrogen (secondary N) is 1. The molecule has 6 aromatic carbocycles. The number of carboxylic acids is 2. The monoisotopic (exact) mass is 1110 g/mol. The van der Waals surface area contributed by atoms with Crippen LogP contribution < -0.4 is 31.8 Å². The van der Waals surface area contributed by atoms with E-state index in [0.717, 1.165) is 38.0 Å². The molecule has 1 fully saturated rings. The zero-order valence-electron chi connectivity index (χ0n) is 35.8. The zero-order valence-corrected chi connectivity index (χ0v) is 41.4. The number of hydrogen-bond donors (Lipinski definition) is 2. The molecule has 1 saturated carbocycles. The first-order chi connectivity index (χ1) is 30.3. The van der Waals surface area contributed by atoms with Gasteiger partial charge in [-0.3, -0.25) is 9.59 Å². The molecule has 0 aliphatic heterocycles. The van der Waals surface area contributed by atoms with Crippen LogP contribution in [0.2, 0.25) is 0 Å². The minimum Gasteiger partial charge on any atom is -0.693 e. The van der Waals surface area contributed by atoms with Crippen molar-refractivity contribution in [1.29, 1.82) is 0 Å². The van der Waals surface area contributed by atoms with Gasteiger partial charge in [-0.05, 0) is 98.5 Å². The fourth-order valence-electron chi connectivity index (χ4n) is 8.12. The molecule has 0 bridgehead atoms. The number of aliphatic carboxylic acids is 2. The molecule has 0 unspecified atom stereocenters. The minimum absolute atomic E-state index is 0. The van der Waals surface area contributed by atoms with Crippen LogP contribution in [0.3, 0.4) is 0 Å². The van der Waals surface area contributed by atoms with Gasteiger partial charge in [0.2, 0.25) is 0 Å². The second kappa shape index (κ2) is 30.4. The maximum absolute atomic E-state index is 10.9. The number of hydrogen-bond acceptors (Lipinski definition) is 2. The van der Waals surface area contributed by atoms with Crippen molar-refractivity contribution in [2.45, 2.75) is 76.7 Å². The first-order valence-electron chi connectivity index (χ1n) is 21.3. The molecule has 1 aliphatic carbocycles. The van der Waals surface area contributed by atoms with Gasteiger partial charge in [-0.15, -0.1) is 6.04 Å². The normalized spacial score (nSPS) is 12.4. The summed E-state index contributed by atoms with van der Waals surface area (Å²) in [5.74, 6) is -1.43. The summed E-state index contributed by atoms with van der Waals surface area (Å²) in [5.41, 5.74) is 7.27. The molecule has 0 radical (unpaired) electrons. The van der Waals surface area contributed by atoms with Crippen molar-refractivity contribution < 1.29 is 36.3 Å². The molecule has 1 aliphatic rings. The fourth-order valence-corrected chi connectivity index (χ4v) is 16.9. The SMILES string of the molecule is O=C(O)CCCC[P+](c1ccccc1)(c1ccccc1)c1ccccc1.O=C(O)CCCC[P+](c1ccccc1)(c1ccccc1)c1ccccc1.[Cl][Pt+2][Cl].[NH-]C1CCCCC1.[NH2-]. The van der Waals surface area contributed by atoms with Crippen LogP contribution in [0, 0.1) is 0 Å². The average Bonchev–Trinajstić information content (AvgIpc) is 3.32. The van der Waals surface area contributed by atoms with Crippen molar-refractivity contribution in [1.82, 2.24) is 0 Å². The van der Waals surface area contributed by atoms with E-state index in [1.807, 2.05) is 0 Å². The van der Waals surface area contributed by atoms with Gasteiger partial charge in [0.25, 0.3) is 0 Å². The molecule has 0 spiro atoms. The van der Waals surface area contributed by atoms with E-state index >= 15 is 0 Å². The Kier molecular flexibility index (Phi) is 25.9. The fraction of sp³-hybridized carbons (Fsp3) is 0.269. The Morgan fingerprint density at radius 2 is 0.683 bits per heavy atom. The number of carbonyl (C=O) groups is 2. The number of unbranched alkanes of at least 4 members (excludes halogenated alkanes) is 2. The summed E-state index contributed by atoms with van der Waals surface area (Å²) in [6.07, 6.45) is 11.9. The third kappa shape index (κ3) is 17.0. The van der Waals surface area contributed by atoms with E-state index in [4.69, 9.17) is 34.8 Å². The molecule has 6 nitrogen and oxygen atoms in total. The van der Waals surface area contributed by atoms with E-state index in [1.165, 1.54) is 51.1 Å². The molecule has 0 atom stereocenters. The Morgan fingerprint density at radius 3 is 0.857 bits per heavy atom. The molecule has 11 heteroatoms. The maximum atomic E-state index is 10.9. The first kappa shape index (κ1) is 53.6. The van der Waals surface area contributed by atoms with E-state index in [1.54, 1.807) is 0 Å². The van der Waals surface area contributed by atoms with Gasteiger partial charge in [0.1, 0.15) is 46.4 Å². The van der Waals surface area contributed by atoms with Crippen molar-refractivity contribution in [2.75, 3.05) is 12.3 Å². The van der Waals surface area contributed by atoms with Crippen LogP contribution in [-0.2, 0) is 26.1 Å². The summed E-state index contributed by atoms with van der Waals surface area (Å²) < 4.78 is 0. The van der Waals surface area contributed by atoms with Gasteiger partial charge in [-0.1, -0.05) is 141 Å². The molecular weight excluding hydrogens is 1040 g/mol. The van der Waals surface area contributed by atoms with Crippen LogP contribution in [0.4, 0.5) is 0 Å². The van der Waals surface area contributed by atoms with Crippen molar-refractivity contribution in [3.63, 3.8) is 0 Å². The van der Waals surface area contributed by atoms with Crippen molar-refractivity contribution in [3.05, 3.63) is 194 Å². The molecule has 0 heterocycles. The first-order valence-corrected chi connectivity index (χ1v) is 30.9. The van der Waals surface area contributed by atoms with Crippen LogP contribution in [-0.4, -0.2) is 40.5 Å². The van der Waals surface area contributed by atoms with E-state index in [9.17, 15) is 9.59 Å². The molecule has 0 aromatic heterocycles.